The van der Waals surface area contributed by atoms with Crippen molar-refractivity contribution in [2.75, 3.05) is 0 Å². The predicted octanol–water partition coefficient (Wildman–Crippen LogP) is 0.916. The van der Waals surface area contributed by atoms with E-state index in [1.165, 1.54) is 18.2 Å². The Balaban J connectivity index is 1.66. The number of hydrazine groups is 1. The van der Waals surface area contributed by atoms with Gasteiger partial charge < -0.3 is 0 Å². The van der Waals surface area contributed by atoms with Gasteiger partial charge in [-0.2, -0.15) is 18.0 Å². The Labute approximate surface area is 139 Å². The van der Waals surface area contributed by atoms with Gasteiger partial charge in [0.2, 0.25) is 11.7 Å². The van der Waals surface area contributed by atoms with E-state index in [-0.39, 0.29) is 23.2 Å². The van der Waals surface area contributed by atoms with Crippen LogP contribution in [0.2, 0.25) is 0 Å². The highest BCUT2D eigenvalue weighted by Gasteiger charge is 2.34. The minimum atomic E-state index is -4.56. The molecule has 1 heterocycles. The summed E-state index contributed by atoms with van der Waals surface area (Å²) >= 11 is 0. The molecule has 3 rings (SSSR count). The Kier molecular flexibility index (Phi) is 4.38. The Morgan fingerprint density at radius 2 is 1.92 bits per heavy atom. The number of carbonyl (C=O) groups excluding carboxylic acids is 2. The maximum atomic E-state index is 13.0. The van der Waals surface area contributed by atoms with Crippen LogP contribution in [0.1, 0.15) is 18.4 Å². The topological polar surface area (TPSA) is 102 Å². The molecule has 2 N–H and O–H groups in total. The van der Waals surface area contributed by atoms with E-state index >= 15 is 0 Å². The van der Waals surface area contributed by atoms with E-state index < -0.39 is 24.2 Å². The van der Waals surface area contributed by atoms with Gasteiger partial charge in [-0.25, -0.2) is 0 Å². The van der Waals surface area contributed by atoms with Crippen LogP contribution in [0.15, 0.2) is 24.3 Å². The van der Waals surface area contributed by atoms with Gasteiger partial charge in [-0.15, -0.1) is 10.2 Å². The third kappa shape index (κ3) is 4.11. The number of nitrogens with zero attached hydrogens (tertiary/aromatic N) is 4. The Hall–Kier alpha value is -2.98. The molecule has 0 bridgehead atoms. The fourth-order valence-corrected chi connectivity index (χ4v) is 2.09. The van der Waals surface area contributed by atoms with Gasteiger partial charge in [0, 0.05) is 11.5 Å². The van der Waals surface area contributed by atoms with Crippen molar-refractivity contribution in [2.24, 2.45) is 5.92 Å². The molecule has 0 unspecified atom stereocenters. The summed E-state index contributed by atoms with van der Waals surface area (Å²) in [5.41, 5.74) is 3.32. The molecule has 1 aliphatic carbocycles. The van der Waals surface area contributed by atoms with E-state index in [1.807, 2.05) is 0 Å². The van der Waals surface area contributed by atoms with Gasteiger partial charge in [0.05, 0.1) is 5.56 Å². The molecule has 2 aromatic rings. The van der Waals surface area contributed by atoms with Gasteiger partial charge in [0.1, 0.15) is 6.54 Å². The molecule has 132 valence electrons. The molecule has 0 radical (unpaired) electrons. The monoisotopic (exact) mass is 354 g/mol. The first kappa shape index (κ1) is 16.9. The third-order valence-electron chi connectivity index (χ3n) is 3.48. The lowest BCUT2D eigenvalue weighted by Crippen LogP contribution is -2.44. The highest BCUT2D eigenvalue weighted by atomic mass is 19.4. The quantitative estimate of drug-likeness (QED) is 0.795. The number of benzene rings is 1. The zero-order valence-corrected chi connectivity index (χ0v) is 12.7. The second kappa shape index (κ2) is 6.49. The summed E-state index contributed by atoms with van der Waals surface area (Å²) in [6.45, 7) is -0.397. The van der Waals surface area contributed by atoms with Crippen LogP contribution in [0.4, 0.5) is 13.2 Å². The second-order valence-corrected chi connectivity index (χ2v) is 5.50. The summed E-state index contributed by atoms with van der Waals surface area (Å²) in [6, 6.07) is 4.81. The van der Waals surface area contributed by atoms with Crippen LogP contribution in [0.5, 0.6) is 0 Å². The van der Waals surface area contributed by atoms with Gasteiger partial charge >= 0.3 is 6.18 Å². The summed E-state index contributed by atoms with van der Waals surface area (Å²) in [5, 5.41) is 10.9. The van der Waals surface area contributed by atoms with Crippen LogP contribution in [-0.2, 0) is 22.3 Å². The van der Waals surface area contributed by atoms with Crippen LogP contribution in [0, 0.1) is 5.92 Å². The van der Waals surface area contributed by atoms with Crippen molar-refractivity contribution in [2.45, 2.75) is 25.6 Å². The first-order valence-corrected chi connectivity index (χ1v) is 7.37. The Bertz CT molecular complexity index is 800. The van der Waals surface area contributed by atoms with Crippen LogP contribution in [0.25, 0.3) is 11.4 Å². The molecule has 1 fully saturated rings. The molecule has 8 nitrogen and oxygen atoms in total. The minimum Gasteiger partial charge on any atom is -0.273 e. The number of hydrogen-bond acceptors (Lipinski definition) is 5. The zero-order chi connectivity index (χ0) is 18.0. The van der Waals surface area contributed by atoms with E-state index in [0.717, 1.165) is 23.7 Å². The molecule has 0 spiro atoms. The van der Waals surface area contributed by atoms with Gasteiger partial charge in [-0.05, 0) is 24.1 Å². The first-order chi connectivity index (χ1) is 11.8. The van der Waals surface area contributed by atoms with E-state index in [9.17, 15) is 22.8 Å². The number of tetrazole rings is 1. The number of hydrogen-bond donors (Lipinski definition) is 2. The fourth-order valence-electron chi connectivity index (χ4n) is 2.09. The number of alkyl halides is 3. The van der Waals surface area contributed by atoms with E-state index in [2.05, 4.69) is 26.3 Å². The largest absolute Gasteiger partial charge is 0.417 e. The number of carbonyl (C=O) groups is 2. The Morgan fingerprint density at radius 1 is 1.20 bits per heavy atom. The average Bonchev–Trinajstić information content (AvgIpc) is 3.32. The van der Waals surface area contributed by atoms with Crippen LogP contribution >= 0.6 is 0 Å². The molecule has 2 amide bonds. The molecule has 0 aliphatic heterocycles. The average molecular weight is 354 g/mol. The molecular formula is C14H13F3N6O2. The van der Waals surface area contributed by atoms with Gasteiger partial charge in [-0.3, -0.25) is 20.4 Å². The molecular weight excluding hydrogens is 341 g/mol. The third-order valence-corrected chi connectivity index (χ3v) is 3.48. The number of amides is 2. The highest BCUT2D eigenvalue weighted by molar-refractivity contribution is 5.84. The number of halogens is 3. The number of nitrogens with one attached hydrogen (secondary N) is 2. The highest BCUT2D eigenvalue weighted by Crippen LogP contribution is 2.35. The number of rotatable bonds is 4. The molecule has 1 aromatic heterocycles. The molecule has 1 aromatic carbocycles. The van der Waals surface area contributed by atoms with Crippen molar-refractivity contribution in [3.8, 4) is 11.4 Å². The van der Waals surface area contributed by atoms with Gasteiger partial charge in [0.25, 0.3) is 5.91 Å². The normalized spacial score (nSPS) is 14.2. The lowest BCUT2D eigenvalue weighted by Gasteiger charge is -2.09. The molecule has 11 heteroatoms. The van der Waals surface area contributed by atoms with Crippen LogP contribution < -0.4 is 10.9 Å². The molecule has 0 saturated heterocycles. The van der Waals surface area contributed by atoms with Gasteiger partial charge in [-0.1, -0.05) is 18.2 Å². The van der Waals surface area contributed by atoms with Gasteiger partial charge in [0.15, 0.2) is 0 Å². The zero-order valence-electron chi connectivity index (χ0n) is 12.7. The summed E-state index contributed by atoms with van der Waals surface area (Å²) in [6.07, 6.45) is -2.99. The SMILES string of the molecule is O=C(Cn1nnc(-c2ccccc2C(F)(F)F)n1)NNC(=O)C1CC1. The lowest BCUT2D eigenvalue weighted by molar-refractivity contribution is -0.137. The lowest BCUT2D eigenvalue weighted by atomic mass is 10.1. The molecule has 0 atom stereocenters. The van der Waals surface area contributed by atoms with Crippen molar-refractivity contribution in [3.05, 3.63) is 29.8 Å². The molecule has 25 heavy (non-hydrogen) atoms. The summed E-state index contributed by atoms with van der Waals surface area (Å²) in [5.74, 6) is -1.22. The second-order valence-electron chi connectivity index (χ2n) is 5.50. The van der Waals surface area contributed by atoms with Crippen molar-refractivity contribution in [3.63, 3.8) is 0 Å². The number of aromatic nitrogens is 4. The fraction of sp³-hybridized carbons (Fsp3) is 0.357. The van der Waals surface area contributed by atoms with Crippen molar-refractivity contribution in [1.29, 1.82) is 0 Å². The maximum absolute atomic E-state index is 13.0. The van der Waals surface area contributed by atoms with E-state index in [4.69, 9.17) is 0 Å². The summed E-state index contributed by atoms with van der Waals surface area (Å²) < 4.78 is 39.0. The van der Waals surface area contributed by atoms with Crippen molar-refractivity contribution >= 4 is 11.8 Å². The molecule has 1 saturated carbocycles. The van der Waals surface area contributed by atoms with E-state index in [1.54, 1.807) is 0 Å². The van der Waals surface area contributed by atoms with Crippen LogP contribution in [0.3, 0.4) is 0 Å². The van der Waals surface area contributed by atoms with E-state index in [0.29, 0.717) is 0 Å². The van der Waals surface area contributed by atoms with Crippen LogP contribution in [-0.4, -0.2) is 32.0 Å². The Morgan fingerprint density at radius 3 is 2.60 bits per heavy atom. The standard InChI is InChI=1S/C14H13F3N6O2/c15-14(16,17)10-4-2-1-3-9(10)12-19-22-23(21-12)7-11(24)18-20-13(25)8-5-6-8/h1-4,8H,5-7H2,(H,18,24)(H,20,25). The van der Waals surface area contributed by atoms with Crippen molar-refractivity contribution in [1.82, 2.24) is 31.1 Å². The molecule has 1 aliphatic rings. The first-order valence-electron chi connectivity index (χ1n) is 7.37. The summed E-state index contributed by atoms with van der Waals surface area (Å²) in [4.78, 5) is 23.9. The minimum absolute atomic E-state index is 0.0738. The predicted molar refractivity (Wildman–Crippen MR) is 77.3 cm³/mol. The smallest absolute Gasteiger partial charge is 0.273 e. The summed E-state index contributed by atoms with van der Waals surface area (Å²) in [7, 11) is 0. The van der Waals surface area contributed by atoms with Crippen molar-refractivity contribution < 1.29 is 22.8 Å². The maximum Gasteiger partial charge on any atom is 0.417 e.